The molecule has 350 valence electrons. The Kier molecular flexibility index (Phi) is 11.5. The maximum Gasteiger partial charge on any atom is 0.256 e. The molecule has 12 rings (SSSR count). The number of hydrogen-bond donors (Lipinski definition) is 4. The lowest BCUT2D eigenvalue weighted by Crippen LogP contribution is -2.69. The maximum absolute atomic E-state index is 13.3. The van der Waals surface area contributed by atoms with E-state index >= 15 is 0 Å². The summed E-state index contributed by atoms with van der Waals surface area (Å²) in [5.74, 6) is 0.551. The van der Waals surface area contributed by atoms with E-state index in [4.69, 9.17) is 4.74 Å². The zero-order valence-electron chi connectivity index (χ0n) is 37.6. The lowest BCUT2D eigenvalue weighted by atomic mass is 9.86. The fourth-order valence-electron chi connectivity index (χ4n) is 10.7. The van der Waals surface area contributed by atoms with Crippen LogP contribution in [0.15, 0.2) is 91.3 Å². The smallest absolute Gasteiger partial charge is 0.256 e. The predicted molar refractivity (Wildman–Crippen MR) is 253 cm³/mol. The number of amides is 5. The summed E-state index contributed by atoms with van der Waals surface area (Å²) in [5, 5.41) is 12.3. The third kappa shape index (κ3) is 8.71. The molecule has 17 heteroatoms. The molecule has 16 nitrogen and oxygen atoms in total. The van der Waals surface area contributed by atoms with Crippen molar-refractivity contribution in [2.24, 2.45) is 11.3 Å². The summed E-state index contributed by atoms with van der Waals surface area (Å²) >= 11 is 0. The molecule has 7 aliphatic rings. The highest BCUT2D eigenvalue weighted by Crippen LogP contribution is 2.48. The number of ether oxygens (including phenoxy) is 1. The van der Waals surface area contributed by atoms with Gasteiger partial charge in [0, 0.05) is 106 Å². The summed E-state index contributed by atoms with van der Waals surface area (Å²) in [6.07, 6.45) is 8.32. The van der Waals surface area contributed by atoms with E-state index in [-0.39, 0.29) is 24.1 Å². The summed E-state index contributed by atoms with van der Waals surface area (Å²) in [6.45, 7) is 7.32. The van der Waals surface area contributed by atoms with Gasteiger partial charge >= 0.3 is 0 Å². The molecule has 68 heavy (non-hydrogen) atoms. The first-order chi connectivity index (χ1) is 33.0. The predicted octanol–water partition coefficient (Wildman–Crippen LogP) is 5.77. The van der Waals surface area contributed by atoms with Crippen LogP contribution in [0.5, 0.6) is 11.5 Å². The van der Waals surface area contributed by atoms with Crippen molar-refractivity contribution in [3.05, 3.63) is 108 Å². The molecule has 5 saturated heterocycles. The molecule has 0 radical (unpaired) electrons. The van der Waals surface area contributed by atoms with E-state index in [0.717, 1.165) is 86.6 Å². The van der Waals surface area contributed by atoms with Crippen LogP contribution in [-0.2, 0) is 25.7 Å². The van der Waals surface area contributed by atoms with Gasteiger partial charge in [0.25, 0.3) is 5.91 Å². The lowest BCUT2D eigenvalue weighted by Gasteiger charge is -2.57. The van der Waals surface area contributed by atoms with E-state index in [9.17, 15) is 28.4 Å². The first-order valence-corrected chi connectivity index (χ1v) is 23.7. The van der Waals surface area contributed by atoms with Crippen molar-refractivity contribution < 1.29 is 33.1 Å². The van der Waals surface area contributed by atoms with Gasteiger partial charge in [-0.05, 0) is 129 Å². The molecule has 8 heterocycles. The normalized spacial score (nSPS) is 22.3. The second-order valence-corrected chi connectivity index (χ2v) is 19.1. The Hall–Kier alpha value is -6.98. The Labute approximate surface area is 392 Å². The van der Waals surface area contributed by atoms with Gasteiger partial charge < -0.3 is 30.5 Å². The zero-order valence-corrected chi connectivity index (χ0v) is 37.6. The number of fused-ring (bicyclic) bond motifs is 4. The molecule has 1 saturated carbocycles. The Balaban J connectivity index is 0.618. The number of piperidine rings is 3. The number of carbonyl (C=O) groups excluding carboxylic acids is 5. The Morgan fingerprint density at radius 3 is 2.28 bits per heavy atom. The van der Waals surface area contributed by atoms with Crippen LogP contribution < -0.4 is 30.9 Å². The van der Waals surface area contributed by atoms with Gasteiger partial charge in [-0.25, -0.2) is 9.37 Å². The molecule has 6 fully saturated rings. The molecule has 3 aromatic carbocycles. The van der Waals surface area contributed by atoms with Gasteiger partial charge in [0.2, 0.25) is 23.6 Å². The lowest BCUT2D eigenvalue weighted by molar-refractivity contribution is -0.137. The number of imide groups is 1. The van der Waals surface area contributed by atoms with E-state index in [0.29, 0.717) is 72.2 Å². The number of benzene rings is 3. The monoisotopic (exact) mass is 920 g/mol. The number of aromatic nitrogens is 2. The standard InChI is InChI=1S/C51H53FN10O6/c52-33-1-3-34(4-2-33)56-49(66)51(16-17-51)50(67)57-35-5-8-39(9-6-35)68-44-13-18-53-42-25-36(7-10-40(42)44)60-20-14-31(15-21-60)27-59-29-37-24-38(30-59)61(37)22-19-54-45-23-32-28-62(48(65)41(32)26-55-45)43-11-12-46(63)58-47(43)64/h1-10,13,18,23,25-26,31,37-38,43H,11-12,14-17,19-22,24,27-30H2,(H,54,55)(H,56,66)(H,57,67)(H,58,63,64). The van der Waals surface area contributed by atoms with Gasteiger partial charge in [-0.15, -0.1) is 0 Å². The van der Waals surface area contributed by atoms with Gasteiger partial charge in [-0.2, -0.15) is 0 Å². The number of nitrogens with one attached hydrogen (secondary N) is 4. The number of hydrogen-bond acceptors (Lipinski definition) is 12. The molecule has 3 atom stereocenters. The summed E-state index contributed by atoms with van der Waals surface area (Å²) < 4.78 is 19.6. The molecule has 5 aromatic rings. The SMILES string of the molecule is O=C1CCC(N2Cc3cc(NCCN4C5CC4CN(CC4CCN(c6ccc7c(Oc8ccc(NC(=O)C9(C(=O)Nc%10ccc(F)cc%10)CC9)cc8)ccnc7c6)CC4)C5)ncc3C2=O)C(=O)N1. The van der Waals surface area contributed by atoms with Crippen LogP contribution in [0, 0.1) is 17.2 Å². The molecular weight excluding hydrogens is 868 g/mol. The van der Waals surface area contributed by atoms with Gasteiger partial charge in [0.1, 0.15) is 34.6 Å². The summed E-state index contributed by atoms with van der Waals surface area (Å²) in [7, 11) is 0. The highest BCUT2D eigenvalue weighted by atomic mass is 19.1. The van der Waals surface area contributed by atoms with Gasteiger partial charge in [0.05, 0.1) is 11.1 Å². The largest absolute Gasteiger partial charge is 0.457 e. The van der Waals surface area contributed by atoms with Crippen LogP contribution >= 0.6 is 0 Å². The average Bonchev–Trinajstić information content (AvgIpc) is 4.10. The van der Waals surface area contributed by atoms with Crippen molar-refractivity contribution in [2.75, 3.05) is 66.7 Å². The maximum atomic E-state index is 13.3. The van der Waals surface area contributed by atoms with Crippen molar-refractivity contribution in [1.29, 1.82) is 0 Å². The molecule has 2 bridgehead atoms. The van der Waals surface area contributed by atoms with Crippen molar-refractivity contribution in [3.8, 4) is 11.5 Å². The van der Waals surface area contributed by atoms with Crippen LogP contribution in [0.2, 0.25) is 0 Å². The third-order valence-corrected chi connectivity index (χ3v) is 14.7. The summed E-state index contributed by atoms with van der Waals surface area (Å²) in [6, 6.07) is 23.1. The van der Waals surface area contributed by atoms with Crippen molar-refractivity contribution in [3.63, 3.8) is 0 Å². The molecule has 3 unspecified atom stereocenters. The Morgan fingerprint density at radius 2 is 1.57 bits per heavy atom. The second-order valence-electron chi connectivity index (χ2n) is 19.1. The minimum Gasteiger partial charge on any atom is -0.457 e. The average molecular weight is 921 g/mol. The molecule has 1 aliphatic carbocycles. The highest BCUT2D eigenvalue weighted by molar-refractivity contribution is 6.17. The number of anilines is 4. The van der Waals surface area contributed by atoms with Crippen LogP contribution in [-0.4, -0.2) is 118 Å². The van der Waals surface area contributed by atoms with Crippen molar-refractivity contribution in [2.45, 2.75) is 69.6 Å². The number of pyridine rings is 2. The molecule has 2 aromatic heterocycles. The van der Waals surface area contributed by atoms with Crippen LogP contribution in [0.3, 0.4) is 0 Å². The second kappa shape index (κ2) is 17.9. The van der Waals surface area contributed by atoms with Crippen LogP contribution in [0.1, 0.15) is 60.9 Å². The summed E-state index contributed by atoms with van der Waals surface area (Å²) in [5.41, 5.74) is 3.20. The van der Waals surface area contributed by atoms with E-state index in [2.05, 4.69) is 64.1 Å². The number of piperazine rings is 1. The van der Waals surface area contributed by atoms with Crippen LogP contribution in [0.4, 0.5) is 27.3 Å². The fraction of sp³-hybridized carbons (Fsp3) is 0.392. The number of halogens is 1. The first-order valence-electron chi connectivity index (χ1n) is 23.7. The van der Waals surface area contributed by atoms with Gasteiger partial charge in [0.15, 0.2) is 0 Å². The topological polar surface area (TPSA) is 181 Å². The minimum absolute atomic E-state index is 0.213. The Morgan fingerprint density at radius 1 is 0.853 bits per heavy atom. The molecule has 5 amide bonds. The zero-order chi connectivity index (χ0) is 46.5. The highest BCUT2D eigenvalue weighted by Gasteiger charge is 2.56. The van der Waals surface area contributed by atoms with Crippen LogP contribution in [0.25, 0.3) is 10.9 Å². The quantitative estimate of drug-likeness (QED) is 0.0782. The van der Waals surface area contributed by atoms with Gasteiger partial charge in [-0.3, -0.25) is 44.1 Å². The first kappa shape index (κ1) is 43.6. The van der Waals surface area contributed by atoms with E-state index in [1.165, 1.54) is 30.7 Å². The van der Waals surface area contributed by atoms with Gasteiger partial charge in [-0.1, -0.05) is 0 Å². The molecule has 4 N–H and O–H groups in total. The van der Waals surface area contributed by atoms with E-state index in [1.54, 1.807) is 41.6 Å². The number of nitrogens with zero attached hydrogens (tertiary/aromatic N) is 6. The van der Waals surface area contributed by atoms with E-state index in [1.807, 2.05) is 12.1 Å². The Bertz CT molecular complexity index is 2790. The summed E-state index contributed by atoms with van der Waals surface area (Å²) in [4.78, 5) is 81.8. The van der Waals surface area contributed by atoms with Crippen molar-refractivity contribution >= 4 is 63.3 Å². The fourth-order valence-corrected chi connectivity index (χ4v) is 10.7. The number of rotatable bonds is 14. The molecule has 0 spiro atoms. The molecular formula is C51H53FN10O6. The van der Waals surface area contributed by atoms with Crippen molar-refractivity contribution in [1.82, 2.24) is 30.0 Å². The molecule has 6 aliphatic heterocycles. The van der Waals surface area contributed by atoms with E-state index < -0.39 is 29.1 Å². The minimum atomic E-state index is -1.15. The third-order valence-electron chi connectivity index (χ3n) is 14.7. The number of carbonyl (C=O) groups is 5.